The summed E-state index contributed by atoms with van der Waals surface area (Å²) in [6.45, 7) is 0.674. The van der Waals surface area contributed by atoms with Gasteiger partial charge in [0.25, 0.3) is 11.8 Å². The SMILES string of the molecule is CN1C(=O)c2ccccc2[C@@H]2c3cccc4c3[C@@H](C[C@@H]21)CN4C(=O)c1ccccc1. The third-order valence-corrected chi connectivity index (χ3v) is 7.07. The Morgan fingerprint density at radius 2 is 1.63 bits per heavy atom. The van der Waals surface area contributed by atoms with E-state index in [1.54, 1.807) is 0 Å². The Morgan fingerprint density at radius 1 is 0.900 bits per heavy atom. The summed E-state index contributed by atoms with van der Waals surface area (Å²) in [6.07, 6.45) is 0.879. The molecule has 2 aliphatic heterocycles. The first-order chi connectivity index (χ1) is 14.6. The number of benzene rings is 3. The van der Waals surface area contributed by atoms with E-state index in [-0.39, 0.29) is 29.7 Å². The lowest BCUT2D eigenvalue weighted by Crippen LogP contribution is -2.48. The van der Waals surface area contributed by atoms with Crippen molar-refractivity contribution in [1.82, 2.24) is 4.90 Å². The second kappa shape index (κ2) is 6.30. The summed E-state index contributed by atoms with van der Waals surface area (Å²) < 4.78 is 0. The van der Waals surface area contributed by atoms with Crippen LogP contribution in [0.5, 0.6) is 0 Å². The zero-order valence-electron chi connectivity index (χ0n) is 16.8. The van der Waals surface area contributed by atoms with Gasteiger partial charge in [-0.2, -0.15) is 0 Å². The Balaban J connectivity index is 1.50. The van der Waals surface area contributed by atoms with Crippen LogP contribution >= 0.6 is 0 Å². The van der Waals surface area contributed by atoms with Crippen LogP contribution in [0.4, 0.5) is 5.69 Å². The van der Waals surface area contributed by atoms with E-state index in [1.807, 2.05) is 65.4 Å². The quantitative estimate of drug-likeness (QED) is 0.613. The Bertz CT molecular complexity index is 1190. The molecular weight excluding hydrogens is 372 g/mol. The van der Waals surface area contributed by atoms with Gasteiger partial charge in [-0.3, -0.25) is 9.59 Å². The second-order valence-electron chi connectivity index (χ2n) is 8.54. The highest BCUT2D eigenvalue weighted by Gasteiger charge is 2.48. The molecule has 3 aromatic rings. The highest BCUT2D eigenvalue weighted by Crippen LogP contribution is 2.53. The topological polar surface area (TPSA) is 40.6 Å². The average Bonchev–Trinajstić information content (AvgIpc) is 3.17. The van der Waals surface area contributed by atoms with E-state index in [0.717, 1.165) is 23.2 Å². The molecule has 0 radical (unpaired) electrons. The lowest BCUT2D eigenvalue weighted by molar-refractivity contribution is 0.0662. The summed E-state index contributed by atoms with van der Waals surface area (Å²) in [7, 11) is 1.92. The number of carbonyl (C=O) groups excluding carboxylic acids is 2. The maximum Gasteiger partial charge on any atom is 0.258 e. The monoisotopic (exact) mass is 394 g/mol. The van der Waals surface area contributed by atoms with Crippen molar-refractivity contribution in [2.24, 2.45) is 0 Å². The van der Waals surface area contributed by atoms with Crippen molar-refractivity contribution in [2.45, 2.75) is 24.3 Å². The van der Waals surface area contributed by atoms with Crippen LogP contribution in [0.25, 0.3) is 0 Å². The van der Waals surface area contributed by atoms with Crippen molar-refractivity contribution >= 4 is 17.5 Å². The first kappa shape index (κ1) is 17.5. The summed E-state index contributed by atoms with van der Waals surface area (Å²) in [5.41, 5.74) is 6.22. The fraction of sp³-hybridized carbons (Fsp3) is 0.231. The molecule has 0 spiro atoms. The van der Waals surface area contributed by atoms with Gasteiger partial charge in [-0.25, -0.2) is 0 Å². The van der Waals surface area contributed by atoms with Crippen LogP contribution in [0.1, 0.15) is 55.7 Å². The van der Waals surface area contributed by atoms with E-state index in [9.17, 15) is 9.59 Å². The summed E-state index contributed by atoms with van der Waals surface area (Å²) in [5.74, 6) is 0.556. The van der Waals surface area contributed by atoms with E-state index in [4.69, 9.17) is 0 Å². The van der Waals surface area contributed by atoms with Gasteiger partial charge >= 0.3 is 0 Å². The smallest absolute Gasteiger partial charge is 0.258 e. The molecule has 30 heavy (non-hydrogen) atoms. The second-order valence-corrected chi connectivity index (χ2v) is 8.54. The van der Waals surface area contributed by atoms with Crippen molar-refractivity contribution in [3.63, 3.8) is 0 Å². The summed E-state index contributed by atoms with van der Waals surface area (Å²) in [4.78, 5) is 30.2. The Labute approximate surface area is 175 Å². The molecule has 6 rings (SSSR count). The maximum atomic E-state index is 13.3. The van der Waals surface area contributed by atoms with Gasteiger partial charge in [0.15, 0.2) is 0 Å². The minimum absolute atomic E-state index is 0.0474. The van der Waals surface area contributed by atoms with E-state index < -0.39 is 0 Å². The van der Waals surface area contributed by atoms with Crippen molar-refractivity contribution in [1.29, 1.82) is 0 Å². The highest BCUT2D eigenvalue weighted by molar-refractivity contribution is 6.08. The molecule has 148 valence electrons. The summed E-state index contributed by atoms with van der Waals surface area (Å²) >= 11 is 0. The zero-order chi connectivity index (χ0) is 20.4. The number of rotatable bonds is 1. The first-order valence-corrected chi connectivity index (χ1v) is 10.5. The van der Waals surface area contributed by atoms with Crippen molar-refractivity contribution in [2.75, 3.05) is 18.5 Å². The van der Waals surface area contributed by atoms with Gasteiger partial charge in [0.1, 0.15) is 0 Å². The van der Waals surface area contributed by atoms with Crippen LogP contribution in [-0.4, -0.2) is 36.3 Å². The van der Waals surface area contributed by atoms with Gasteiger partial charge in [0.2, 0.25) is 0 Å². The maximum absolute atomic E-state index is 13.3. The van der Waals surface area contributed by atoms with Crippen LogP contribution < -0.4 is 4.90 Å². The van der Waals surface area contributed by atoms with Crippen LogP contribution in [0, 0.1) is 0 Å². The number of likely N-dealkylation sites (N-methyl/N-ethyl adjacent to an activating group) is 1. The van der Waals surface area contributed by atoms with Crippen LogP contribution in [-0.2, 0) is 0 Å². The molecule has 0 saturated heterocycles. The predicted molar refractivity (Wildman–Crippen MR) is 116 cm³/mol. The van der Waals surface area contributed by atoms with Gasteiger partial charge in [-0.05, 0) is 47.4 Å². The highest BCUT2D eigenvalue weighted by atomic mass is 16.2. The number of hydrogen-bond acceptors (Lipinski definition) is 2. The lowest BCUT2D eigenvalue weighted by Gasteiger charge is -2.45. The fourth-order valence-electron chi connectivity index (χ4n) is 5.75. The predicted octanol–water partition coefficient (Wildman–Crippen LogP) is 4.42. The van der Waals surface area contributed by atoms with Gasteiger partial charge in [0, 0.05) is 48.3 Å². The molecule has 0 aromatic heterocycles. The molecular formula is C26H22N2O2. The minimum atomic E-state index is 0.0474. The number of amides is 2. The lowest BCUT2D eigenvalue weighted by atomic mass is 9.68. The van der Waals surface area contributed by atoms with E-state index in [0.29, 0.717) is 12.1 Å². The van der Waals surface area contributed by atoms with E-state index in [1.165, 1.54) is 11.1 Å². The van der Waals surface area contributed by atoms with Gasteiger partial charge < -0.3 is 9.80 Å². The third kappa shape index (κ3) is 2.28. The molecule has 2 heterocycles. The number of anilines is 1. The van der Waals surface area contributed by atoms with E-state index in [2.05, 4.69) is 24.3 Å². The minimum Gasteiger partial charge on any atom is -0.338 e. The van der Waals surface area contributed by atoms with Gasteiger partial charge in [-0.1, -0.05) is 48.5 Å². The molecule has 3 aliphatic rings. The molecule has 2 amide bonds. The van der Waals surface area contributed by atoms with Crippen molar-refractivity contribution < 1.29 is 9.59 Å². The molecule has 0 fully saturated rings. The molecule has 0 bridgehead atoms. The third-order valence-electron chi connectivity index (χ3n) is 7.07. The molecule has 4 nitrogen and oxygen atoms in total. The van der Waals surface area contributed by atoms with Crippen LogP contribution in [0.15, 0.2) is 72.8 Å². The number of hydrogen-bond donors (Lipinski definition) is 0. The molecule has 3 aromatic carbocycles. The summed E-state index contributed by atoms with van der Waals surface area (Å²) in [6, 6.07) is 23.9. The average molecular weight is 394 g/mol. The Kier molecular flexibility index (Phi) is 3.66. The molecule has 0 N–H and O–H groups in total. The van der Waals surface area contributed by atoms with Crippen LogP contribution in [0.3, 0.4) is 0 Å². The first-order valence-electron chi connectivity index (χ1n) is 10.5. The van der Waals surface area contributed by atoms with Crippen molar-refractivity contribution in [3.8, 4) is 0 Å². The number of nitrogens with zero attached hydrogens (tertiary/aromatic N) is 2. The Hall–Kier alpha value is -3.40. The van der Waals surface area contributed by atoms with Gasteiger partial charge in [-0.15, -0.1) is 0 Å². The fourth-order valence-corrected chi connectivity index (χ4v) is 5.75. The normalized spacial score (nSPS) is 23.6. The zero-order valence-corrected chi connectivity index (χ0v) is 16.8. The molecule has 0 unspecified atom stereocenters. The number of carbonyl (C=O) groups is 2. The standard InChI is InChI=1S/C26H22N2O2/c1-27-22-14-17-15-28(25(29)16-8-3-2-4-9-16)21-13-7-12-20(23(17)21)24(22)18-10-5-6-11-19(18)26(27)30/h2-13,17,22,24H,14-15H2,1H3/t17-,22-,24+/m0/s1. The molecule has 1 aliphatic carbocycles. The Morgan fingerprint density at radius 3 is 2.47 bits per heavy atom. The number of fused-ring (bicyclic) bond motifs is 4. The largest absolute Gasteiger partial charge is 0.338 e. The summed E-state index contributed by atoms with van der Waals surface area (Å²) in [5, 5.41) is 0. The van der Waals surface area contributed by atoms with Crippen LogP contribution in [0.2, 0.25) is 0 Å². The molecule has 3 atom stereocenters. The molecule has 0 saturated carbocycles. The molecule has 4 heteroatoms. The van der Waals surface area contributed by atoms with Gasteiger partial charge in [0.05, 0.1) is 0 Å². The van der Waals surface area contributed by atoms with Crippen molar-refractivity contribution in [3.05, 3.63) is 101 Å². The van der Waals surface area contributed by atoms with E-state index >= 15 is 0 Å².